The normalized spacial score (nSPS) is 12.2. The fraction of sp³-hybridized carbons (Fsp3) is 0.533. The Labute approximate surface area is 124 Å². The van der Waals surface area contributed by atoms with Gasteiger partial charge >= 0.3 is 0 Å². The average Bonchev–Trinajstić information content (AvgIpc) is 2.49. The highest BCUT2D eigenvalue weighted by Gasteiger charge is 2.20. The number of aromatic nitrogens is 3. The van der Waals surface area contributed by atoms with Gasteiger partial charge in [-0.3, -0.25) is 9.69 Å². The number of rotatable bonds is 6. The molecule has 2 rings (SSSR count). The molecule has 6 nitrogen and oxygen atoms in total. The Bertz CT molecular complexity index is 664. The number of hydrogen-bond acceptors (Lipinski definition) is 5. The van der Waals surface area contributed by atoms with Crippen LogP contribution in [0.15, 0.2) is 29.1 Å². The quantitative estimate of drug-likeness (QED) is 0.860. The molecule has 0 spiro atoms. The van der Waals surface area contributed by atoms with E-state index in [4.69, 9.17) is 5.73 Å². The summed E-state index contributed by atoms with van der Waals surface area (Å²) in [4.78, 5) is 14.6. The molecule has 0 fully saturated rings. The first-order valence-corrected chi connectivity index (χ1v) is 7.22. The summed E-state index contributed by atoms with van der Waals surface area (Å²) in [5, 5.41) is 8.74. The van der Waals surface area contributed by atoms with E-state index in [-0.39, 0.29) is 11.0 Å². The van der Waals surface area contributed by atoms with Crippen LogP contribution in [0.5, 0.6) is 0 Å². The molecule has 0 saturated carbocycles. The predicted molar refractivity (Wildman–Crippen MR) is 83.9 cm³/mol. The summed E-state index contributed by atoms with van der Waals surface area (Å²) in [5.74, 6) is 0. The molecule has 1 aromatic carbocycles. The predicted octanol–water partition coefficient (Wildman–Crippen LogP) is 1.06. The fourth-order valence-electron chi connectivity index (χ4n) is 2.24. The van der Waals surface area contributed by atoms with Gasteiger partial charge in [0.05, 0.1) is 12.1 Å². The van der Waals surface area contributed by atoms with Crippen molar-refractivity contribution in [2.45, 2.75) is 27.4 Å². The number of fused-ring (bicyclic) bond motifs is 1. The van der Waals surface area contributed by atoms with Crippen LogP contribution in [0.3, 0.4) is 0 Å². The molecule has 2 N–H and O–H groups in total. The molecular formula is C15H23N5O. The Kier molecular flexibility index (Phi) is 4.69. The van der Waals surface area contributed by atoms with Gasteiger partial charge in [-0.2, -0.15) is 4.68 Å². The monoisotopic (exact) mass is 289 g/mol. The molecule has 1 heterocycles. The van der Waals surface area contributed by atoms with Crippen LogP contribution in [0, 0.1) is 5.41 Å². The Morgan fingerprint density at radius 3 is 2.71 bits per heavy atom. The lowest BCUT2D eigenvalue weighted by Gasteiger charge is -2.30. The van der Waals surface area contributed by atoms with E-state index >= 15 is 0 Å². The van der Waals surface area contributed by atoms with Gasteiger partial charge < -0.3 is 5.73 Å². The van der Waals surface area contributed by atoms with Crippen LogP contribution in [0.25, 0.3) is 10.9 Å². The molecule has 0 aliphatic heterocycles. The van der Waals surface area contributed by atoms with Crippen LogP contribution in [0.1, 0.15) is 20.8 Å². The van der Waals surface area contributed by atoms with E-state index in [1.54, 1.807) is 12.1 Å². The van der Waals surface area contributed by atoms with Crippen molar-refractivity contribution in [3.8, 4) is 0 Å². The number of nitrogens with two attached hydrogens (primary N) is 1. The van der Waals surface area contributed by atoms with E-state index in [0.29, 0.717) is 24.1 Å². The van der Waals surface area contributed by atoms with Gasteiger partial charge in [0.2, 0.25) is 0 Å². The second kappa shape index (κ2) is 6.32. The molecule has 0 atom stereocenters. The zero-order valence-corrected chi connectivity index (χ0v) is 12.9. The second-order valence-corrected chi connectivity index (χ2v) is 6.07. The molecule has 0 bridgehead atoms. The van der Waals surface area contributed by atoms with E-state index in [1.165, 1.54) is 4.68 Å². The lowest BCUT2D eigenvalue weighted by atomic mass is 9.93. The van der Waals surface area contributed by atoms with Gasteiger partial charge in [0.1, 0.15) is 5.52 Å². The third kappa shape index (κ3) is 3.65. The fourth-order valence-corrected chi connectivity index (χ4v) is 2.24. The van der Waals surface area contributed by atoms with Gasteiger partial charge in [-0.1, -0.05) is 38.1 Å². The topological polar surface area (TPSA) is 77.0 Å². The van der Waals surface area contributed by atoms with Crippen LogP contribution < -0.4 is 11.3 Å². The molecule has 0 aliphatic rings. The summed E-state index contributed by atoms with van der Waals surface area (Å²) in [5.41, 5.74) is 6.31. The van der Waals surface area contributed by atoms with E-state index in [2.05, 4.69) is 36.0 Å². The van der Waals surface area contributed by atoms with Gasteiger partial charge in [0.25, 0.3) is 5.56 Å². The minimum Gasteiger partial charge on any atom is -0.330 e. The van der Waals surface area contributed by atoms with Crippen molar-refractivity contribution in [3.63, 3.8) is 0 Å². The van der Waals surface area contributed by atoms with E-state index in [9.17, 15) is 4.79 Å². The maximum absolute atomic E-state index is 12.4. The third-order valence-electron chi connectivity index (χ3n) is 3.61. The lowest BCUT2D eigenvalue weighted by Crippen LogP contribution is -2.42. The zero-order valence-electron chi connectivity index (χ0n) is 12.9. The number of nitrogens with zero attached hydrogens (tertiary/aromatic N) is 4. The molecule has 6 heteroatoms. The van der Waals surface area contributed by atoms with Crippen molar-refractivity contribution in [1.29, 1.82) is 0 Å². The molecule has 21 heavy (non-hydrogen) atoms. The van der Waals surface area contributed by atoms with Crippen LogP contribution >= 0.6 is 0 Å². The van der Waals surface area contributed by atoms with Crippen molar-refractivity contribution in [1.82, 2.24) is 19.9 Å². The summed E-state index contributed by atoms with van der Waals surface area (Å²) in [7, 11) is 0. The first-order valence-electron chi connectivity index (χ1n) is 7.22. The van der Waals surface area contributed by atoms with Gasteiger partial charge in [0.15, 0.2) is 0 Å². The summed E-state index contributed by atoms with van der Waals surface area (Å²) >= 11 is 0. The Morgan fingerprint density at radius 1 is 1.33 bits per heavy atom. The highest BCUT2D eigenvalue weighted by atomic mass is 16.1. The molecule has 0 radical (unpaired) electrons. The first kappa shape index (κ1) is 15.6. The smallest absolute Gasteiger partial charge is 0.278 e. The highest BCUT2D eigenvalue weighted by molar-refractivity contribution is 5.76. The van der Waals surface area contributed by atoms with Gasteiger partial charge in [-0.05, 0) is 30.6 Å². The summed E-state index contributed by atoms with van der Waals surface area (Å²) in [6, 6.07) is 7.26. The molecule has 1 aromatic heterocycles. The van der Waals surface area contributed by atoms with Crippen LogP contribution in [0.4, 0.5) is 0 Å². The van der Waals surface area contributed by atoms with Crippen molar-refractivity contribution in [2.24, 2.45) is 11.1 Å². The highest BCUT2D eigenvalue weighted by Crippen LogP contribution is 2.15. The molecule has 0 unspecified atom stereocenters. The van der Waals surface area contributed by atoms with E-state index in [1.807, 2.05) is 12.1 Å². The number of hydrogen-bond donors (Lipinski definition) is 1. The lowest BCUT2D eigenvalue weighted by molar-refractivity contribution is 0.143. The van der Waals surface area contributed by atoms with E-state index in [0.717, 1.165) is 13.1 Å². The standard InChI is InChI=1S/C15H23N5O/c1-4-19(10-15(2,3)9-16)11-20-14(21)12-7-5-6-8-13(12)17-18-20/h5-8H,4,9-11,16H2,1-3H3. The van der Waals surface area contributed by atoms with Gasteiger partial charge in [-0.25, -0.2) is 0 Å². The summed E-state index contributed by atoms with van der Waals surface area (Å²) < 4.78 is 1.42. The van der Waals surface area contributed by atoms with Crippen LogP contribution in [-0.4, -0.2) is 39.5 Å². The first-order chi connectivity index (χ1) is 9.96. The second-order valence-electron chi connectivity index (χ2n) is 6.07. The van der Waals surface area contributed by atoms with Gasteiger partial charge in [-0.15, -0.1) is 5.10 Å². The van der Waals surface area contributed by atoms with E-state index < -0.39 is 0 Å². The average molecular weight is 289 g/mol. The van der Waals surface area contributed by atoms with Crippen molar-refractivity contribution in [2.75, 3.05) is 19.6 Å². The van der Waals surface area contributed by atoms with Crippen molar-refractivity contribution < 1.29 is 0 Å². The molecule has 2 aromatic rings. The summed E-state index contributed by atoms with van der Waals surface area (Å²) in [6.45, 7) is 8.95. The van der Waals surface area contributed by atoms with Gasteiger partial charge in [0, 0.05) is 6.54 Å². The maximum Gasteiger partial charge on any atom is 0.278 e. The zero-order chi connectivity index (χ0) is 15.5. The summed E-state index contributed by atoms with van der Waals surface area (Å²) in [6.07, 6.45) is 0. The van der Waals surface area contributed by atoms with Crippen molar-refractivity contribution >= 4 is 10.9 Å². The minimum atomic E-state index is -0.107. The Morgan fingerprint density at radius 2 is 2.05 bits per heavy atom. The maximum atomic E-state index is 12.4. The van der Waals surface area contributed by atoms with Crippen LogP contribution in [-0.2, 0) is 6.67 Å². The Hall–Kier alpha value is -1.79. The van der Waals surface area contributed by atoms with Crippen molar-refractivity contribution in [3.05, 3.63) is 34.6 Å². The third-order valence-corrected chi connectivity index (χ3v) is 3.61. The minimum absolute atomic E-state index is 0.00386. The molecule has 0 aliphatic carbocycles. The largest absolute Gasteiger partial charge is 0.330 e. The molecule has 0 amide bonds. The Balaban J connectivity index is 2.26. The number of benzene rings is 1. The molecular weight excluding hydrogens is 266 g/mol. The molecule has 0 saturated heterocycles. The molecule has 114 valence electrons. The van der Waals surface area contributed by atoms with Crippen LogP contribution in [0.2, 0.25) is 0 Å². The SMILES string of the molecule is CCN(Cn1nnc2ccccc2c1=O)CC(C)(C)CN.